The highest BCUT2D eigenvalue weighted by Gasteiger charge is 2.20. The van der Waals surface area contributed by atoms with Gasteiger partial charge < -0.3 is 4.98 Å². The number of benzene rings is 2. The summed E-state index contributed by atoms with van der Waals surface area (Å²) in [5, 5.41) is 1.08. The summed E-state index contributed by atoms with van der Waals surface area (Å²) in [6.45, 7) is 0. The Morgan fingerprint density at radius 2 is 1.92 bits per heavy atom. The zero-order valence-corrected chi connectivity index (χ0v) is 14.4. The van der Waals surface area contributed by atoms with Crippen LogP contribution in [0.4, 0.5) is 4.39 Å². The predicted octanol–water partition coefficient (Wildman–Crippen LogP) is 4.51. The number of aryl methyl sites for hydroxylation is 1. The van der Waals surface area contributed by atoms with Gasteiger partial charge in [0, 0.05) is 23.0 Å². The molecule has 134 valence electrons. The van der Waals surface area contributed by atoms with Crippen LogP contribution in [0, 0.1) is 5.82 Å². The molecule has 0 radical (unpaired) electrons. The van der Waals surface area contributed by atoms with Gasteiger partial charge in [-0.15, -0.1) is 0 Å². The summed E-state index contributed by atoms with van der Waals surface area (Å²) in [6.07, 6.45) is 4.27. The van der Waals surface area contributed by atoms with Gasteiger partial charge in [-0.05, 0) is 67.1 Å². The normalized spacial score (nSPS) is 14.3. The van der Waals surface area contributed by atoms with E-state index in [0.717, 1.165) is 47.0 Å². The van der Waals surface area contributed by atoms with E-state index < -0.39 is 0 Å². The molecular formula is C21H21FN2O2. The molecule has 1 aliphatic carbocycles. The molecule has 0 aliphatic heterocycles. The molecule has 1 amide bonds. The van der Waals surface area contributed by atoms with Crippen molar-refractivity contribution in [3.8, 4) is 11.3 Å². The number of rotatable bonds is 6. The van der Waals surface area contributed by atoms with Crippen molar-refractivity contribution in [2.24, 2.45) is 0 Å². The van der Waals surface area contributed by atoms with E-state index in [9.17, 15) is 9.18 Å². The molecule has 0 bridgehead atoms. The smallest absolute Gasteiger partial charge is 0.243 e. The van der Waals surface area contributed by atoms with Crippen LogP contribution >= 0.6 is 0 Å². The van der Waals surface area contributed by atoms with Crippen LogP contribution < -0.4 is 5.48 Å². The number of aromatic amines is 1. The Kier molecular flexibility index (Phi) is 4.71. The van der Waals surface area contributed by atoms with E-state index in [4.69, 9.17) is 4.84 Å². The minimum atomic E-state index is -0.265. The lowest BCUT2D eigenvalue weighted by molar-refractivity contribution is -0.142. The molecule has 2 N–H and O–H groups in total. The van der Waals surface area contributed by atoms with E-state index >= 15 is 0 Å². The van der Waals surface area contributed by atoms with E-state index in [-0.39, 0.29) is 17.8 Å². The Labute approximate surface area is 151 Å². The minimum Gasteiger partial charge on any atom is -0.354 e. The lowest BCUT2D eigenvalue weighted by Gasteiger charge is -2.24. The number of para-hydroxylation sites is 1. The van der Waals surface area contributed by atoms with Crippen molar-refractivity contribution in [2.75, 3.05) is 0 Å². The number of aromatic nitrogens is 1. The number of hydroxylamine groups is 1. The number of hydrogen-bond donors (Lipinski definition) is 2. The van der Waals surface area contributed by atoms with Crippen LogP contribution in [0.2, 0.25) is 0 Å². The summed E-state index contributed by atoms with van der Waals surface area (Å²) in [7, 11) is 0. The molecule has 1 aliphatic rings. The highest BCUT2D eigenvalue weighted by Crippen LogP contribution is 2.31. The third-order valence-electron chi connectivity index (χ3n) is 4.94. The first-order valence-corrected chi connectivity index (χ1v) is 9.01. The van der Waals surface area contributed by atoms with Crippen molar-refractivity contribution in [1.82, 2.24) is 10.5 Å². The Bertz CT molecular complexity index is 913. The predicted molar refractivity (Wildman–Crippen MR) is 98.9 cm³/mol. The molecule has 1 aromatic heterocycles. The lowest BCUT2D eigenvalue weighted by atomic mass is 9.97. The zero-order chi connectivity index (χ0) is 17.9. The lowest BCUT2D eigenvalue weighted by Crippen LogP contribution is -2.33. The highest BCUT2D eigenvalue weighted by molar-refractivity contribution is 5.91. The number of amides is 1. The Balaban J connectivity index is 1.55. The number of carbonyl (C=O) groups is 1. The molecule has 0 saturated heterocycles. The van der Waals surface area contributed by atoms with Gasteiger partial charge >= 0.3 is 0 Å². The van der Waals surface area contributed by atoms with Crippen LogP contribution in [0.15, 0.2) is 48.5 Å². The maximum atomic E-state index is 13.3. The third-order valence-corrected chi connectivity index (χ3v) is 4.94. The molecule has 1 saturated carbocycles. The van der Waals surface area contributed by atoms with Crippen molar-refractivity contribution >= 4 is 16.8 Å². The number of carbonyl (C=O) groups excluding carboxylic acids is 1. The van der Waals surface area contributed by atoms with Crippen molar-refractivity contribution in [1.29, 1.82) is 0 Å². The number of H-pyrrole nitrogens is 1. The monoisotopic (exact) mass is 352 g/mol. The van der Waals surface area contributed by atoms with Crippen molar-refractivity contribution < 1.29 is 14.0 Å². The Morgan fingerprint density at radius 1 is 1.15 bits per heavy atom. The summed E-state index contributed by atoms with van der Waals surface area (Å²) in [6, 6.07) is 14.4. The van der Waals surface area contributed by atoms with Gasteiger partial charge in [-0.25, -0.2) is 9.87 Å². The van der Waals surface area contributed by atoms with Crippen molar-refractivity contribution in [3.63, 3.8) is 0 Å². The fourth-order valence-electron chi connectivity index (χ4n) is 3.25. The first kappa shape index (κ1) is 16.8. The first-order valence-electron chi connectivity index (χ1n) is 9.01. The van der Waals surface area contributed by atoms with Gasteiger partial charge in [0.2, 0.25) is 5.91 Å². The van der Waals surface area contributed by atoms with Crippen molar-refractivity contribution in [2.45, 2.75) is 38.2 Å². The Morgan fingerprint density at radius 3 is 2.65 bits per heavy atom. The third kappa shape index (κ3) is 3.48. The summed E-state index contributed by atoms with van der Waals surface area (Å²) < 4.78 is 13.3. The molecule has 0 unspecified atom stereocenters. The molecule has 5 heteroatoms. The zero-order valence-electron chi connectivity index (χ0n) is 14.4. The van der Waals surface area contributed by atoms with Crippen LogP contribution in [0.25, 0.3) is 22.2 Å². The molecule has 1 heterocycles. The van der Waals surface area contributed by atoms with E-state index in [1.54, 1.807) is 12.1 Å². The maximum absolute atomic E-state index is 13.3. The summed E-state index contributed by atoms with van der Waals surface area (Å²) in [5.74, 6) is -0.383. The Hall–Kier alpha value is -2.66. The van der Waals surface area contributed by atoms with Crippen LogP contribution in [0.1, 0.15) is 31.2 Å². The quantitative estimate of drug-likeness (QED) is 0.642. The second-order valence-corrected chi connectivity index (χ2v) is 6.73. The van der Waals surface area contributed by atoms with Gasteiger partial charge in [-0.1, -0.05) is 18.2 Å². The van der Waals surface area contributed by atoms with Gasteiger partial charge in [-0.2, -0.15) is 0 Å². The second kappa shape index (κ2) is 7.30. The SMILES string of the molecule is O=C(CCc1c(-c2ccc(F)cc2)[nH]c2ccccc12)NOC1CCC1. The summed E-state index contributed by atoms with van der Waals surface area (Å²) in [4.78, 5) is 20.9. The standard InChI is InChI=1S/C21H21FN2O2/c22-15-10-8-14(9-11-15)21-18(17-6-1-2-7-19(17)23-21)12-13-20(25)24-26-16-4-3-5-16/h1-2,6-11,16,23H,3-5,12-13H2,(H,24,25). The fourth-order valence-corrected chi connectivity index (χ4v) is 3.25. The maximum Gasteiger partial charge on any atom is 0.243 e. The van der Waals surface area contributed by atoms with Gasteiger partial charge in [0.1, 0.15) is 5.82 Å². The number of halogens is 1. The van der Waals surface area contributed by atoms with E-state index in [2.05, 4.69) is 10.5 Å². The largest absolute Gasteiger partial charge is 0.354 e. The molecule has 2 aromatic carbocycles. The van der Waals surface area contributed by atoms with Gasteiger partial charge in [-0.3, -0.25) is 9.63 Å². The molecule has 3 aromatic rings. The number of hydrogen-bond acceptors (Lipinski definition) is 2. The molecule has 4 rings (SSSR count). The fraction of sp³-hybridized carbons (Fsp3) is 0.286. The average Bonchev–Trinajstić information content (AvgIpc) is 2.98. The van der Waals surface area contributed by atoms with Crippen molar-refractivity contribution in [3.05, 3.63) is 59.9 Å². The minimum absolute atomic E-state index is 0.118. The molecular weight excluding hydrogens is 331 g/mol. The van der Waals surface area contributed by atoms with Crippen LogP contribution in [0.3, 0.4) is 0 Å². The van der Waals surface area contributed by atoms with E-state index in [1.165, 1.54) is 12.1 Å². The number of nitrogens with one attached hydrogen (secondary N) is 2. The van der Waals surface area contributed by atoms with E-state index in [0.29, 0.717) is 12.8 Å². The van der Waals surface area contributed by atoms with E-state index in [1.807, 2.05) is 24.3 Å². The van der Waals surface area contributed by atoms with Crippen LogP contribution in [0.5, 0.6) is 0 Å². The average molecular weight is 352 g/mol. The second-order valence-electron chi connectivity index (χ2n) is 6.73. The highest BCUT2D eigenvalue weighted by atomic mass is 19.1. The first-order chi connectivity index (χ1) is 12.7. The van der Waals surface area contributed by atoms with Crippen LogP contribution in [-0.4, -0.2) is 17.0 Å². The molecule has 1 fully saturated rings. The van der Waals surface area contributed by atoms with Gasteiger partial charge in [0.15, 0.2) is 0 Å². The summed E-state index contributed by atoms with van der Waals surface area (Å²) >= 11 is 0. The molecule has 26 heavy (non-hydrogen) atoms. The van der Waals surface area contributed by atoms with Gasteiger partial charge in [0.05, 0.1) is 6.10 Å². The van der Waals surface area contributed by atoms with Crippen LogP contribution in [-0.2, 0) is 16.1 Å². The molecule has 4 nitrogen and oxygen atoms in total. The summed E-state index contributed by atoms with van der Waals surface area (Å²) in [5.41, 5.74) is 6.47. The topological polar surface area (TPSA) is 54.1 Å². The van der Waals surface area contributed by atoms with Gasteiger partial charge in [0.25, 0.3) is 0 Å². The molecule has 0 spiro atoms. The molecule has 0 atom stereocenters. The number of fused-ring (bicyclic) bond motifs is 1.